The first-order valence-electron chi connectivity index (χ1n) is 8.03. The van der Waals surface area contributed by atoms with E-state index < -0.39 is 0 Å². The zero-order valence-corrected chi connectivity index (χ0v) is 13.1. The van der Waals surface area contributed by atoms with Crippen molar-refractivity contribution in [2.75, 3.05) is 0 Å². The Balaban J connectivity index is 1.57. The van der Waals surface area contributed by atoms with Crippen molar-refractivity contribution in [3.63, 3.8) is 0 Å². The van der Waals surface area contributed by atoms with E-state index in [-0.39, 0.29) is 24.0 Å². The zero-order chi connectivity index (χ0) is 16.5. The molecule has 1 aliphatic carbocycles. The van der Waals surface area contributed by atoms with Crippen LogP contribution in [0.4, 0.5) is 0 Å². The third-order valence-electron chi connectivity index (χ3n) is 4.59. The molecule has 2 aliphatic rings. The molecule has 2 amide bonds. The topological polar surface area (TPSA) is 46.6 Å². The first-order chi connectivity index (χ1) is 11.7. The van der Waals surface area contributed by atoms with Crippen molar-refractivity contribution >= 4 is 11.8 Å². The van der Waals surface area contributed by atoms with Crippen LogP contribution in [0.25, 0.3) is 0 Å². The van der Waals surface area contributed by atoms with Gasteiger partial charge in [-0.15, -0.1) is 0 Å². The van der Waals surface area contributed by atoms with E-state index in [1.54, 1.807) is 0 Å². The van der Waals surface area contributed by atoms with Gasteiger partial charge in [0.05, 0.1) is 18.8 Å². The summed E-state index contributed by atoms with van der Waals surface area (Å²) in [6, 6.07) is 17.6. The number of fused-ring (bicyclic) bond motifs is 1. The fourth-order valence-corrected chi connectivity index (χ4v) is 3.46. The molecule has 1 aliphatic heterocycles. The fraction of sp³-hybridized carbons (Fsp3) is 0.200. The van der Waals surface area contributed by atoms with E-state index >= 15 is 0 Å². The van der Waals surface area contributed by atoms with Gasteiger partial charge in [-0.25, -0.2) is 0 Å². The van der Waals surface area contributed by atoms with Crippen LogP contribution in [0.15, 0.2) is 66.7 Å². The van der Waals surface area contributed by atoms with E-state index in [0.29, 0.717) is 13.0 Å². The quantitative estimate of drug-likeness (QED) is 0.812. The number of carbonyl (C=O) groups excluding carboxylic acids is 2. The van der Waals surface area contributed by atoms with Crippen molar-refractivity contribution in [1.29, 1.82) is 0 Å². The van der Waals surface area contributed by atoms with Crippen LogP contribution in [-0.4, -0.2) is 16.7 Å². The predicted molar refractivity (Wildman–Crippen MR) is 88.8 cm³/mol. The lowest BCUT2D eigenvalue weighted by Crippen LogP contribution is -2.33. The summed E-state index contributed by atoms with van der Waals surface area (Å²) in [5.74, 6) is -0.493. The van der Waals surface area contributed by atoms with Crippen LogP contribution < -0.4 is 0 Å². The van der Waals surface area contributed by atoms with Crippen molar-refractivity contribution in [3.05, 3.63) is 83.4 Å². The number of ether oxygens (including phenoxy) is 1. The first kappa shape index (κ1) is 14.8. The maximum Gasteiger partial charge on any atom is 0.254 e. The molecule has 1 heterocycles. The average Bonchev–Trinajstić information content (AvgIpc) is 3.14. The molecule has 2 atom stereocenters. The second-order valence-electron chi connectivity index (χ2n) is 6.05. The Hall–Kier alpha value is -2.72. The molecule has 2 aromatic rings. The third-order valence-corrected chi connectivity index (χ3v) is 4.59. The Labute approximate surface area is 140 Å². The van der Waals surface area contributed by atoms with Crippen molar-refractivity contribution in [1.82, 2.24) is 4.90 Å². The lowest BCUT2D eigenvalue weighted by atomic mass is 10.1. The number of hydrogen-bond acceptors (Lipinski definition) is 3. The smallest absolute Gasteiger partial charge is 0.254 e. The van der Waals surface area contributed by atoms with Gasteiger partial charge >= 0.3 is 0 Å². The lowest BCUT2D eigenvalue weighted by Gasteiger charge is -2.23. The second-order valence-corrected chi connectivity index (χ2v) is 6.05. The molecular formula is C20H17NO3. The van der Waals surface area contributed by atoms with Crippen LogP contribution in [-0.2, 0) is 20.9 Å². The minimum absolute atomic E-state index is 0.118. The summed E-state index contributed by atoms with van der Waals surface area (Å²) in [7, 11) is 0. The van der Waals surface area contributed by atoms with E-state index in [0.717, 1.165) is 16.7 Å². The van der Waals surface area contributed by atoms with Gasteiger partial charge in [0.1, 0.15) is 0 Å². The molecule has 4 heteroatoms. The molecule has 0 bridgehead atoms. The van der Waals surface area contributed by atoms with Crippen LogP contribution in [0.2, 0.25) is 0 Å². The van der Waals surface area contributed by atoms with Gasteiger partial charge in [0.25, 0.3) is 11.8 Å². The normalized spacial score (nSPS) is 22.2. The molecule has 0 saturated carbocycles. The number of imide groups is 1. The van der Waals surface area contributed by atoms with E-state index in [4.69, 9.17) is 4.74 Å². The number of rotatable bonds is 4. The van der Waals surface area contributed by atoms with Gasteiger partial charge in [0.2, 0.25) is 0 Å². The van der Waals surface area contributed by atoms with Crippen LogP contribution in [0.5, 0.6) is 0 Å². The largest absolute Gasteiger partial charge is 0.369 e. The summed E-state index contributed by atoms with van der Waals surface area (Å²) in [5.41, 5.74) is 3.17. The number of hydrogen-bond donors (Lipinski definition) is 0. The van der Waals surface area contributed by atoms with Crippen LogP contribution >= 0.6 is 0 Å². The summed E-state index contributed by atoms with van der Waals surface area (Å²) in [6.07, 6.45) is 3.16. The maximum absolute atomic E-state index is 12.0. The second kappa shape index (κ2) is 6.06. The van der Waals surface area contributed by atoms with Gasteiger partial charge in [0.15, 0.2) is 0 Å². The predicted octanol–water partition coefficient (Wildman–Crippen LogP) is 3.31. The van der Waals surface area contributed by atoms with Gasteiger partial charge in [-0.3, -0.25) is 14.5 Å². The molecule has 4 nitrogen and oxygen atoms in total. The van der Waals surface area contributed by atoms with Crippen LogP contribution in [0.1, 0.15) is 35.3 Å². The molecule has 2 aromatic carbocycles. The number of nitrogens with zero attached hydrogens (tertiary/aromatic N) is 1. The minimum Gasteiger partial charge on any atom is -0.369 e. The highest BCUT2D eigenvalue weighted by atomic mass is 16.5. The number of carbonyl (C=O) groups is 2. The van der Waals surface area contributed by atoms with E-state index in [1.165, 1.54) is 17.1 Å². The lowest BCUT2D eigenvalue weighted by molar-refractivity contribution is -0.140. The molecule has 0 aromatic heterocycles. The van der Waals surface area contributed by atoms with Crippen molar-refractivity contribution in [2.24, 2.45) is 0 Å². The summed E-state index contributed by atoms with van der Waals surface area (Å²) < 4.78 is 6.11. The molecule has 0 radical (unpaired) electrons. The van der Waals surface area contributed by atoms with Crippen LogP contribution in [0.3, 0.4) is 0 Å². The molecule has 120 valence electrons. The Morgan fingerprint density at radius 2 is 1.50 bits per heavy atom. The maximum atomic E-state index is 12.0. The SMILES string of the molecule is O=C1C=CC(=O)N1[C@H]1C[C@H](OCc2ccccc2)c2ccccc21. The van der Waals surface area contributed by atoms with Gasteiger partial charge in [-0.1, -0.05) is 54.6 Å². The highest BCUT2D eigenvalue weighted by molar-refractivity contribution is 6.13. The number of benzene rings is 2. The number of amides is 2. The molecule has 24 heavy (non-hydrogen) atoms. The van der Waals surface area contributed by atoms with Gasteiger partial charge in [0, 0.05) is 18.6 Å². The van der Waals surface area contributed by atoms with Gasteiger partial charge in [-0.2, -0.15) is 0 Å². The van der Waals surface area contributed by atoms with Crippen molar-refractivity contribution < 1.29 is 14.3 Å². The third kappa shape index (κ3) is 2.55. The molecular weight excluding hydrogens is 302 g/mol. The Morgan fingerprint density at radius 1 is 0.875 bits per heavy atom. The summed E-state index contributed by atoms with van der Waals surface area (Å²) in [5, 5.41) is 0. The Bertz CT molecular complexity index is 795. The highest BCUT2D eigenvalue weighted by Crippen LogP contribution is 2.45. The molecule has 0 saturated heterocycles. The van der Waals surface area contributed by atoms with Gasteiger partial charge < -0.3 is 4.74 Å². The minimum atomic E-state index is -0.253. The van der Waals surface area contributed by atoms with E-state index in [2.05, 4.69) is 0 Å². The summed E-state index contributed by atoms with van der Waals surface area (Å²) >= 11 is 0. The summed E-state index contributed by atoms with van der Waals surface area (Å²) in [6.45, 7) is 0.507. The van der Waals surface area contributed by atoms with Crippen molar-refractivity contribution in [3.8, 4) is 0 Å². The Morgan fingerprint density at radius 3 is 2.21 bits per heavy atom. The molecule has 0 fully saturated rings. The standard InChI is InChI=1S/C20H17NO3/c22-19-10-11-20(23)21(19)17-12-18(16-9-5-4-8-15(16)17)24-13-14-6-2-1-3-7-14/h1-11,17-18H,12-13H2/t17-,18-/m0/s1. The van der Waals surface area contributed by atoms with Crippen molar-refractivity contribution in [2.45, 2.75) is 25.2 Å². The van der Waals surface area contributed by atoms with E-state index in [9.17, 15) is 9.59 Å². The van der Waals surface area contributed by atoms with E-state index in [1.807, 2.05) is 54.6 Å². The monoisotopic (exact) mass is 319 g/mol. The molecule has 0 spiro atoms. The first-order valence-corrected chi connectivity index (χ1v) is 8.03. The summed E-state index contributed by atoms with van der Waals surface area (Å²) in [4.78, 5) is 25.4. The molecule has 4 rings (SSSR count). The molecule has 0 unspecified atom stereocenters. The zero-order valence-electron chi connectivity index (χ0n) is 13.1. The highest BCUT2D eigenvalue weighted by Gasteiger charge is 2.40. The van der Waals surface area contributed by atoms with Gasteiger partial charge in [-0.05, 0) is 16.7 Å². The molecule has 0 N–H and O–H groups in total. The van der Waals surface area contributed by atoms with Crippen LogP contribution in [0, 0.1) is 0 Å². The fourth-order valence-electron chi connectivity index (χ4n) is 3.46. The average molecular weight is 319 g/mol. The Kier molecular flexibility index (Phi) is 3.75.